The first-order valence-electron chi connectivity index (χ1n) is 8.63. The quantitative estimate of drug-likeness (QED) is 0.597. The fourth-order valence-electron chi connectivity index (χ4n) is 2.86. The van der Waals surface area contributed by atoms with E-state index < -0.39 is 30.3 Å². The van der Waals surface area contributed by atoms with E-state index in [9.17, 15) is 19.2 Å². The molecular formula is C20H18ClN3O4. The van der Waals surface area contributed by atoms with Crippen LogP contribution in [-0.4, -0.2) is 40.1 Å². The van der Waals surface area contributed by atoms with Gasteiger partial charge >= 0.3 is 17.8 Å². The predicted molar refractivity (Wildman–Crippen MR) is 102 cm³/mol. The van der Waals surface area contributed by atoms with Crippen molar-refractivity contribution in [3.05, 3.63) is 70.7 Å². The van der Waals surface area contributed by atoms with Gasteiger partial charge < -0.3 is 5.32 Å². The molecule has 0 saturated carbocycles. The zero-order chi connectivity index (χ0) is 20.3. The van der Waals surface area contributed by atoms with Crippen molar-refractivity contribution in [3.8, 4) is 0 Å². The molecule has 2 aromatic rings. The maximum Gasteiger partial charge on any atom is 0.335 e. The zero-order valence-corrected chi connectivity index (χ0v) is 15.8. The van der Waals surface area contributed by atoms with Gasteiger partial charge in [-0.1, -0.05) is 54.1 Å². The first-order chi connectivity index (χ1) is 13.4. The summed E-state index contributed by atoms with van der Waals surface area (Å²) in [6.45, 7) is 1.22. The maximum absolute atomic E-state index is 12.5. The molecule has 1 aliphatic heterocycles. The van der Waals surface area contributed by atoms with E-state index in [0.29, 0.717) is 15.5 Å². The first kappa shape index (κ1) is 19.6. The smallest absolute Gasteiger partial charge is 0.335 e. The second-order valence-corrected chi connectivity index (χ2v) is 6.83. The Morgan fingerprint density at radius 1 is 0.964 bits per heavy atom. The van der Waals surface area contributed by atoms with Crippen LogP contribution in [0.15, 0.2) is 54.6 Å². The summed E-state index contributed by atoms with van der Waals surface area (Å²) in [4.78, 5) is 50.6. The summed E-state index contributed by atoms with van der Waals surface area (Å²) in [6, 6.07) is 14.6. The van der Waals surface area contributed by atoms with Gasteiger partial charge in [0.15, 0.2) is 0 Å². The fraction of sp³-hybridized carbons (Fsp3) is 0.200. The lowest BCUT2D eigenvalue weighted by Crippen LogP contribution is -2.42. The molecule has 0 unspecified atom stereocenters. The molecule has 144 valence electrons. The lowest BCUT2D eigenvalue weighted by atomic mass is 10.1. The highest BCUT2D eigenvalue weighted by molar-refractivity contribution is 6.44. The molecule has 1 saturated heterocycles. The summed E-state index contributed by atoms with van der Waals surface area (Å²) in [6.07, 6.45) is 0. The summed E-state index contributed by atoms with van der Waals surface area (Å²) in [7, 11) is 0. The van der Waals surface area contributed by atoms with Gasteiger partial charge in [-0.05, 0) is 30.2 Å². The van der Waals surface area contributed by atoms with Gasteiger partial charge in [0.05, 0.1) is 12.6 Å². The molecule has 1 fully saturated rings. The van der Waals surface area contributed by atoms with Gasteiger partial charge in [0, 0.05) is 5.02 Å². The molecule has 1 atom stereocenters. The van der Waals surface area contributed by atoms with E-state index in [2.05, 4.69) is 5.32 Å². The Hall–Kier alpha value is -3.19. The number of carbonyl (C=O) groups excluding carboxylic acids is 4. The number of imide groups is 2. The highest BCUT2D eigenvalue weighted by Crippen LogP contribution is 2.18. The van der Waals surface area contributed by atoms with Crippen molar-refractivity contribution in [2.24, 2.45) is 0 Å². The molecule has 5 amide bonds. The van der Waals surface area contributed by atoms with Gasteiger partial charge in [-0.2, -0.15) is 0 Å². The third-order valence-electron chi connectivity index (χ3n) is 4.37. The van der Waals surface area contributed by atoms with Crippen LogP contribution in [0.4, 0.5) is 4.79 Å². The van der Waals surface area contributed by atoms with Crippen molar-refractivity contribution in [1.29, 1.82) is 0 Å². The van der Waals surface area contributed by atoms with Crippen LogP contribution in [0.3, 0.4) is 0 Å². The summed E-state index contributed by atoms with van der Waals surface area (Å²) in [5.74, 6) is -2.49. The molecule has 3 rings (SSSR count). The second-order valence-electron chi connectivity index (χ2n) is 6.39. The van der Waals surface area contributed by atoms with Crippen molar-refractivity contribution < 1.29 is 19.2 Å². The van der Waals surface area contributed by atoms with Crippen LogP contribution in [0.5, 0.6) is 0 Å². The van der Waals surface area contributed by atoms with E-state index >= 15 is 0 Å². The average molecular weight is 400 g/mol. The number of hydrogen-bond acceptors (Lipinski definition) is 4. The molecule has 0 spiro atoms. The molecule has 8 heteroatoms. The van der Waals surface area contributed by atoms with Gasteiger partial charge in [0.25, 0.3) is 0 Å². The third kappa shape index (κ3) is 4.20. The molecule has 1 aliphatic rings. The topological polar surface area (TPSA) is 86.8 Å². The molecule has 0 aromatic heterocycles. The van der Waals surface area contributed by atoms with Gasteiger partial charge in [0.2, 0.25) is 5.91 Å². The van der Waals surface area contributed by atoms with Crippen LogP contribution in [-0.2, 0) is 20.9 Å². The van der Waals surface area contributed by atoms with Gasteiger partial charge in [-0.3, -0.25) is 19.3 Å². The number of carbonyl (C=O) groups is 4. The van der Waals surface area contributed by atoms with Crippen LogP contribution in [0.25, 0.3) is 0 Å². The Balaban J connectivity index is 1.63. The van der Waals surface area contributed by atoms with Gasteiger partial charge in [-0.25, -0.2) is 9.69 Å². The highest BCUT2D eigenvalue weighted by Gasteiger charge is 2.45. The van der Waals surface area contributed by atoms with Crippen LogP contribution in [0.2, 0.25) is 5.02 Å². The van der Waals surface area contributed by atoms with E-state index in [-0.39, 0.29) is 12.6 Å². The maximum atomic E-state index is 12.5. The number of benzene rings is 2. The van der Waals surface area contributed by atoms with Crippen molar-refractivity contribution in [2.75, 3.05) is 6.54 Å². The molecule has 0 radical (unpaired) electrons. The minimum Gasteiger partial charge on any atom is -0.348 e. The summed E-state index contributed by atoms with van der Waals surface area (Å²) in [5.41, 5.74) is 1.53. The number of rotatable bonds is 6. The largest absolute Gasteiger partial charge is 0.348 e. The van der Waals surface area contributed by atoms with Crippen molar-refractivity contribution in [3.63, 3.8) is 0 Å². The van der Waals surface area contributed by atoms with Crippen molar-refractivity contribution in [1.82, 2.24) is 15.1 Å². The number of halogens is 1. The molecule has 0 bridgehead atoms. The second kappa shape index (κ2) is 8.22. The number of hydrogen-bond donors (Lipinski definition) is 1. The lowest BCUT2D eigenvalue weighted by Gasteiger charge is -2.18. The van der Waals surface area contributed by atoms with Gasteiger partial charge in [-0.15, -0.1) is 0 Å². The Labute approximate surface area is 166 Å². The Morgan fingerprint density at radius 3 is 2.21 bits per heavy atom. The van der Waals surface area contributed by atoms with Crippen LogP contribution >= 0.6 is 11.6 Å². The Bertz CT molecular complexity index is 915. The predicted octanol–water partition coefficient (Wildman–Crippen LogP) is 2.51. The zero-order valence-electron chi connectivity index (χ0n) is 15.1. The van der Waals surface area contributed by atoms with Gasteiger partial charge in [0.1, 0.15) is 6.54 Å². The van der Waals surface area contributed by atoms with E-state index in [0.717, 1.165) is 10.5 Å². The van der Waals surface area contributed by atoms with Crippen LogP contribution in [0.1, 0.15) is 24.1 Å². The molecule has 7 nitrogen and oxygen atoms in total. The van der Waals surface area contributed by atoms with Crippen molar-refractivity contribution >= 4 is 35.4 Å². The van der Waals surface area contributed by atoms with E-state index in [4.69, 9.17) is 11.6 Å². The minimum absolute atomic E-state index is 0.0243. The lowest BCUT2D eigenvalue weighted by molar-refractivity contribution is -0.144. The van der Waals surface area contributed by atoms with E-state index in [1.807, 2.05) is 0 Å². The van der Waals surface area contributed by atoms with E-state index in [1.54, 1.807) is 61.5 Å². The molecular weight excluding hydrogens is 382 g/mol. The number of nitrogens with one attached hydrogen (secondary N) is 1. The fourth-order valence-corrected chi connectivity index (χ4v) is 2.99. The number of amides is 5. The number of nitrogens with zero attached hydrogens (tertiary/aromatic N) is 2. The molecule has 1 N–H and O–H groups in total. The van der Waals surface area contributed by atoms with Crippen molar-refractivity contribution in [2.45, 2.75) is 19.5 Å². The Kier molecular flexibility index (Phi) is 5.75. The van der Waals surface area contributed by atoms with Crippen LogP contribution in [0, 0.1) is 0 Å². The first-order valence-corrected chi connectivity index (χ1v) is 9.00. The Morgan fingerprint density at radius 2 is 1.57 bits per heavy atom. The average Bonchev–Trinajstić information content (AvgIpc) is 2.87. The number of urea groups is 1. The molecule has 0 aliphatic carbocycles. The molecule has 28 heavy (non-hydrogen) atoms. The van der Waals surface area contributed by atoms with Crippen LogP contribution < -0.4 is 5.32 Å². The molecule has 1 heterocycles. The standard InChI is InChI=1S/C20H18ClN3O4/c1-13(15-7-9-16(21)10-8-15)22-17(25)12-24-19(27)18(26)23(20(24)28)11-14-5-3-2-4-6-14/h2-10,13H,11-12H2,1H3,(H,22,25)/t13-/m1/s1. The SMILES string of the molecule is C[C@@H](NC(=O)CN1C(=O)C(=O)N(Cc2ccccc2)C1=O)c1ccc(Cl)cc1. The van der Waals surface area contributed by atoms with E-state index in [1.165, 1.54) is 0 Å². The third-order valence-corrected chi connectivity index (χ3v) is 4.62. The summed E-state index contributed by atoms with van der Waals surface area (Å²) >= 11 is 5.85. The monoisotopic (exact) mass is 399 g/mol. The highest BCUT2D eigenvalue weighted by atomic mass is 35.5. The minimum atomic E-state index is -1.00. The normalized spacial score (nSPS) is 15.1. The summed E-state index contributed by atoms with van der Waals surface area (Å²) < 4.78 is 0. The summed E-state index contributed by atoms with van der Waals surface area (Å²) in [5, 5.41) is 3.28. The molecule has 2 aromatic carbocycles.